The van der Waals surface area contributed by atoms with Gasteiger partial charge in [-0.05, 0) is 25.7 Å². The smallest absolute Gasteiger partial charge is 0.326 e. The van der Waals surface area contributed by atoms with Crippen LogP contribution in [0.15, 0.2) is 0 Å². The SMILES string of the molecule is CCCCCCCCCCCC(=O)N[C@@H](CCC(=O)O)C(=O)O.CCCCCCCCCCCCCCCCCC(=O)O.CCCCCCCCCCCCCCCCCC(=O)O. The first kappa shape index (κ1) is 64.6. The Balaban J connectivity index is -0.000000860. The van der Waals surface area contributed by atoms with Crippen molar-refractivity contribution in [3.05, 3.63) is 0 Å². The van der Waals surface area contributed by atoms with Crippen LogP contribution in [0.4, 0.5) is 0 Å². The highest BCUT2D eigenvalue weighted by molar-refractivity contribution is 5.83. The minimum absolute atomic E-state index is 0.0891. The van der Waals surface area contributed by atoms with Crippen molar-refractivity contribution in [1.82, 2.24) is 5.32 Å². The van der Waals surface area contributed by atoms with Gasteiger partial charge in [-0.25, -0.2) is 4.79 Å². The molecule has 0 unspecified atom stereocenters. The van der Waals surface area contributed by atoms with E-state index < -0.39 is 29.9 Å². The topological polar surface area (TPSA) is 178 Å². The van der Waals surface area contributed by atoms with Crippen LogP contribution in [-0.2, 0) is 24.0 Å². The Labute approximate surface area is 387 Å². The summed E-state index contributed by atoms with van der Waals surface area (Å²) in [5.41, 5.74) is 0. The van der Waals surface area contributed by atoms with Crippen LogP contribution in [-0.4, -0.2) is 56.3 Å². The number of nitrogens with one attached hydrogen (secondary N) is 1. The predicted molar refractivity (Wildman–Crippen MR) is 263 cm³/mol. The molecule has 0 fully saturated rings. The third kappa shape index (κ3) is 63.7. The molecule has 0 radical (unpaired) electrons. The van der Waals surface area contributed by atoms with Gasteiger partial charge in [-0.2, -0.15) is 0 Å². The van der Waals surface area contributed by atoms with Gasteiger partial charge in [-0.3, -0.25) is 19.2 Å². The quantitative estimate of drug-likeness (QED) is 0.0372. The van der Waals surface area contributed by atoms with E-state index in [-0.39, 0.29) is 18.7 Å². The lowest BCUT2D eigenvalue weighted by Crippen LogP contribution is -2.41. The maximum atomic E-state index is 11.7. The van der Waals surface area contributed by atoms with Crippen LogP contribution in [0.5, 0.6) is 0 Å². The first-order chi connectivity index (χ1) is 30.5. The van der Waals surface area contributed by atoms with E-state index in [0.29, 0.717) is 19.3 Å². The van der Waals surface area contributed by atoms with Crippen LogP contribution in [0.1, 0.15) is 303 Å². The second kappa shape index (κ2) is 55.5. The summed E-state index contributed by atoms with van der Waals surface area (Å²) >= 11 is 0. The van der Waals surface area contributed by atoms with Crippen molar-refractivity contribution in [3.63, 3.8) is 0 Å². The van der Waals surface area contributed by atoms with Gasteiger partial charge in [0.25, 0.3) is 0 Å². The number of unbranched alkanes of at least 4 members (excludes halogenated alkanes) is 36. The number of aliphatic carboxylic acids is 4. The summed E-state index contributed by atoms with van der Waals surface area (Å²) in [6, 6.07) is -1.11. The molecule has 10 heteroatoms. The second-order valence-corrected chi connectivity index (χ2v) is 18.2. The van der Waals surface area contributed by atoms with Gasteiger partial charge in [0.15, 0.2) is 0 Å². The van der Waals surface area contributed by atoms with Crippen LogP contribution >= 0.6 is 0 Å². The van der Waals surface area contributed by atoms with Crippen molar-refractivity contribution < 1.29 is 44.4 Å². The Morgan fingerprint density at radius 3 is 0.714 bits per heavy atom. The molecule has 0 rings (SSSR count). The maximum absolute atomic E-state index is 11.7. The van der Waals surface area contributed by atoms with Crippen molar-refractivity contribution >= 4 is 29.8 Å². The number of hydrogen-bond acceptors (Lipinski definition) is 5. The van der Waals surface area contributed by atoms with E-state index in [9.17, 15) is 24.0 Å². The van der Waals surface area contributed by atoms with Crippen LogP contribution in [0.25, 0.3) is 0 Å². The summed E-state index contributed by atoms with van der Waals surface area (Å²) in [5, 5.41) is 37.0. The third-order valence-corrected chi connectivity index (χ3v) is 11.8. The van der Waals surface area contributed by atoms with Gasteiger partial charge < -0.3 is 25.7 Å². The molecule has 1 atom stereocenters. The number of hydrogen-bond donors (Lipinski definition) is 5. The molecule has 0 saturated carbocycles. The predicted octanol–water partition coefficient (Wildman–Crippen LogP) is 16.0. The standard InChI is InChI=1S/2C18H36O2.C17H31NO5/c2*1-2-3-4-5-6-7-8-9-10-11-12-13-14-15-16-17-18(19)20;1-2-3-4-5-6-7-8-9-10-11-15(19)18-14(17(22)23)12-13-16(20)21/h2*2-17H2,1H3,(H,19,20);14H,2-13H2,1H3,(H,18,19)(H,20,21)(H,22,23)/t;;14-/m..0/s1. The summed E-state index contributed by atoms with van der Waals surface area (Å²) < 4.78 is 0. The minimum atomic E-state index is -1.19. The highest BCUT2D eigenvalue weighted by Crippen LogP contribution is 2.16. The largest absolute Gasteiger partial charge is 0.481 e. The number of carboxylic acids is 4. The van der Waals surface area contributed by atoms with Gasteiger partial charge in [0, 0.05) is 25.7 Å². The van der Waals surface area contributed by atoms with Gasteiger partial charge >= 0.3 is 23.9 Å². The van der Waals surface area contributed by atoms with E-state index in [0.717, 1.165) is 44.9 Å². The lowest BCUT2D eigenvalue weighted by atomic mass is 10.0. The molecular formula is C53H103NO9. The van der Waals surface area contributed by atoms with Gasteiger partial charge in [0.2, 0.25) is 5.91 Å². The highest BCUT2D eigenvalue weighted by Gasteiger charge is 2.20. The monoisotopic (exact) mass is 898 g/mol. The Morgan fingerprint density at radius 1 is 0.302 bits per heavy atom. The molecule has 0 aliphatic heterocycles. The van der Waals surface area contributed by atoms with Crippen LogP contribution < -0.4 is 5.32 Å². The van der Waals surface area contributed by atoms with Crippen molar-refractivity contribution in [1.29, 1.82) is 0 Å². The van der Waals surface area contributed by atoms with Crippen molar-refractivity contribution in [2.45, 2.75) is 309 Å². The Bertz CT molecular complexity index is 961. The molecule has 374 valence electrons. The fourth-order valence-electron chi connectivity index (χ4n) is 7.68. The second-order valence-electron chi connectivity index (χ2n) is 18.2. The Hall–Kier alpha value is -2.65. The van der Waals surface area contributed by atoms with Crippen LogP contribution in [0.2, 0.25) is 0 Å². The van der Waals surface area contributed by atoms with E-state index in [2.05, 4.69) is 26.1 Å². The van der Waals surface area contributed by atoms with Crippen LogP contribution in [0, 0.1) is 0 Å². The molecular weight excluding hydrogens is 795 g/mol. The van der Waals surface area contributed by atoms with E-state index in [1.165, 1.54) is 205 Å². The van der Waals surface area contributed by atoms with Gasteiger partial charge in [0.1, 0.15) is 6.04 Å². The first-order valence-electron chi connectivity index (χ1n) is 26.7. The van der Waals surface area contributed by atoms with Gasteiger partial charge in [0.05, 0.1) is 0 Å². The zero-order chi connectivity index (χ0) is 47.3. The molecule has 0 aromatic rings. The molecule has 10 nitrogen and oxygen atoms in total. The highest BCUT2D eigenvalue weighted by atomic mass is 16.4. The van der Waals surface area contributed by atoms with E-state index in [1.54, 1.807) is 0 Å². The number of carbonyl (C=O) groups excluding carboxylic acids is 1. The summed E-state index contributed by atoms with van der Waals surface area (Å²) in [7, 11) is 0. The summed E-state index contributed by atoms with van der Waals surface area (Å²) in [4.78, 5) is 53.8. The van der Waals surface area contributed by atoms with Crippen molar-refractivity contribution in [3.8, 4) is 0 Å². The molecule has 0 aromatic carbocycles. The summed E-state index contributed by atoms with van der Waals surface area (Å²) in [6.45, 7) is 6.74. The number of carbonyl (C=O) groups is 5. The number of rotatable bonds is 47. The van der Waals surface area contributed by atoms with Crippen molar-refractivity contribution in [2.75, 3.05) is 0 Å². The molecule has 0 heterocycles. The van der Waals surface area contributed by atoms with E-state index in [1.807, 2.05) is 0 Å². The van der Waals surface area contributed by atoms with Gasteiger partial charge in [-0.15, -0.1) is 0 Å². The van der Waals surface area contributed by atoms with E-state index >= 15 is 0 Å². The molecule has 5 N–H and O–H groups in total. The maximum Gasteiger partial charge on any atom is 0.326 e. The zero-order valence-corrected chi connectivity index (χ0v) is 41.5. The average Bonchev–Trinajstić information content (AvgIpc) is 3.24. The van der Waals surface area contributed by atoms with Crippen molar-refractivity contribution in [2.24, 2.45) is 0 Å². The molecule has 0 aromatic heterocycles. The molecule has 0 saturated heterocycles. The van der Waals surface area contributed by atoms with Gasteiger partial charge in [-0.1, -0.05) is 252 Å². The Kier molecular flexibility index (Phi) is 56.9. The summed E-state index contributed by atoms with van der Waals surface area (Å²) in [6.07, 6.45) is 50.7. The lowest BCUT2D eigenvalue weighted by Gasteiger charge is -2.13. The van der Waals surface area contributed by atoms with Crippen LogP contribution in [0.3, 0.4) is 0 Å². The average molecular weight is 898 g/mol. The molecule has 0 aliphatic rings. The Morgan fingerprint density at radius 2 is 0.508 bits per heavy atom. The number of amides is 1. The summed E-state index contributed by atoms with van der Waals surface area (Å²) in [5.74, 6) is -3.87. The number of carboxylic acid groups (broad SMARTS) is 4. The fourth-order valence-corrected chi connectivity index (χ4v) is 7.68. The molecule has 0 spiro atoms. The fraction of sp³-hybridized carbons (Fsp3) is 0.906. The lowest BCUT2D eigenvalue weighted by molar-refractivity contribution is -0.143. The zero-order valence-electron chi connectivity index (χ0n) is 41.5. The van der Waals surface area contributed by atoms with E-state index in [4.69, 9.17) is 20.4 Å². The first-order valence-corrected chi connectivity index (χ1v) is 26.7. The molecule has 63 heavy (non-hydrogen) atoms. The molecule has 0 aliphatic carbocycles. The molecule has 1 amide bonds. The normalized spacial score (nSPS) is 11.2. The minimum Gasteiger partial charge on any atom is -0.481 e. The third-order valence-electron chi connectivity index (χ3n) is 11.8. The molecule has 0 bridgehead atoms.